The Labute approximate surface area is 118 Å². The highest BCUT2D eigenvalue weighted by molar-refractivity contribution is 6.01. The fourth-order valence-electron chi connectivity index (χ4n) is 2.17. The number of rotatable bonds is 4. The number of ketones is 1. The van der Waals surface area contributed by atoms with Gasteiger partial charge in [-0.15, -0.1) is 0 Å². The van der Waals surface area contributed by atoms with Crippen molar-refractivity contribution in [2.24, 2.45) is 0 Å². The molecule has 2 aromatic rings. The molecular weight excluding hydrogens is 252 g/mol. The SMILES string of the molecule is CC(C)(O)c1ccccc1C(=O)C(O)c1ccccc1. The van der Waals surface area contributed by atoms with Crippen molar-refractivity contribution in [1.29, 1.82) is 0 Å². The molecule has 0 amide bonds. The molecule has 104 valence electrons. The van der Waals surface area contributed by atoms with Gasteiger partial charge in [-0.3, -0.25) is 4.79 Å². The van der Waals surface area contributed by atoms with Gasteiger partial charge < -0.3 is 10.2 Å². The molecule has 0 spiro atoms. The normalized spacial score (nSPS) is 13.0. The lowest BCUT2D eigenvalue weighted by molar-refractivity contribution is 0.0672. The number of aliphatic hydroxyl groups excluding tert-OH is 1. The van der Waals surface area contributed by atoms with Crippen LogP contribution >= 0.6 is 0 Å². The summed E-state index contributed by atoms with van der Waals surface area (Å²) in [5.74, 6) is -0.408. The summed E-state index contributed by atoms with van der Waals surface area (Å²) in [5.41, 5.74) is 0.266. The molecule has 0 radical (unpaired) electrons. The predicted molar refractivity (Wildman–Crippen MR) is 77.4 cm³/mol. The second kappa shape index (κ2) is 5.57. The zero-order valence-corrected chi connectivity index (χ0v) is 11.6. The number of hydrogen-bond donors (Lipinski definition) is 2. The Balaban J connectivity index is 2.40. The topological polar surface area (TPSA) is 57.5 Å². The van der Waals surface area contributed by atoms with Crippen molar-refractivity contribution in [1.82, 2.24) is 0 Å². The van der Waals surface area contributed by atoms with Gasteiger partial charge in [0.1, 0.15) is 6.10 Å². The Hall–Kier alpha value is -1.97. The summed E-state index contributed by atoms with van der Waals surface area (Å²) in [5, 5.41) is 20.3. The molecule has 2 rings (SSSR count). The molecule has 0 fully saturated rings. The van der Waals surface area contributed by atoms with Crippen LogP contribution in [0.1, 0.15) is 41.4 Å². The standard InChI is InChI=1S/C17H18O3/c1-17(2,20)14-11-7-6-10-13(14)16(19)15(18)12-8-4-3-5-9-12/h3-11,15,18,20H,1-2H3. The van der Waals surface area contributed by atoms with Crippen molar-refractivity contribution in [3.63, 3.8) is 0 Å². The lowest BCUT2D eigenvalue weighted by atomic mass is 9.88. The van der Waals surface area contributed by atoms with E-state index >= 15 is 0 Å². The van der Waals surface area contributed by atoms with Crippen LogP contribution in [0.15, 0.2) is 54.6 Å². The molecule has 0 aliphatic rings. The van der Waals surface area contributed by atoms with E-state index in [4.69, 9.17) is 0 Å². The van der Waals surface area contributed by atoms with Crippen molar-refractivity contribution in [2.45, 2.75) is 25.6 Å². The number of benzene rings is 2. The first-order valence-electron chi connectivity index (χ1n) is 6.50. The summed E-state index contributed by atoms with van der Waals surface area (Å²) in [6, 6.07) is 15.6. The lowest BCUT2D eigenvalue weighted by Crippen LogP contribution is -2.22. The molecule has 0 bridgehead atoms. The number of Topliss-reactive ketones (excluding diaryl/α,β-unsaturated/α-hetero) is 1. The summed E-state index contributed by atoms with van der Waals surface area (Å²) in [6.45, 7) is 3.24. The minimum absolute atomic E-state index is 0.344. The highest BCUT2D eigenvalue weighted by Gasteiger charge is 2.27. The average Bonchev–Trinajstić information content (AvgIpc) is 2.46. The van der Waals surface area contributed by atoms with Crippen molar-refractivity contribution in [3.8, 4) is 0 Å². The van der Waals surface area contributed by atoms with Gasteiger partial charge in [0, 0.05) is 5.56 Å². The quantitative estimate of drug-likeness (QED) is 0.840. The van der Waals surface area contributed by atoms with Gasteiger partial charge in [0.2, 0.25) is 0 Å². The number of carbonyl (C=O) groups is 1. The molecule has 20 heavy (non-hydrogen) atoms. The molecule has 3 nitrogen and oxygen atoms in total. The maximum absolute atomic E-state index is 12.5. The molecule has 2 N–H and O–H groups in total. The van der Waals surface area contributed by atoms with Crippen molar-refractivity contribution in [2.75, 3.05) is 0 Å². The van der Waals surface area contributed by atoms with E-state index in [1.165, 1.54) is 0 Å². The minimum Gasteiger partial charge on any atom is -0.386 e. The molecule has 0 aromatic heterocycles. The summed E-state index contributed by atoms with van der Waals surface area (Å²) < 4.78 is 0. The largest absolute Gasteiger partial charge is 0.386 e. The maximum atomic E-state index is 12.5. The van der Waals surface area contributed by atoms with Crippen LogP contribution in [0.3, 0.4) is 0 Å². The zero-order valence-electron chi connectivity index (χ0n) is 11.6. The highest BCUT2D eigenvalue weighted by atomic mass is 16.3. The molecule has 0 aliphatic heterocycles. The van der Waals surface area contributed by atoms with Crippen molar-refractivity contribution >= 4 is 5.78 Å². The third kappa shape index (κ3) is 2.95. The molecule has 1 atom stereocenters. The van der Waals surface area contributed by atoms with E-state index in [0.29, 0.717) is 16.7 Å². The molecular formula is C17H18O3. The summed E-state index contributed by atoms with van der Waals surface area (Å²) in [6.07, 6.45) is -1.22. The minimum atomic E-state index is -1.22. The molecule has 2 aromatic carbocycles. The first-order valence-corrected chi connectivity index (χ1v) is 6.50. The van der Waals surface area contributed by atoms with Gasteiger partial charge in [0.25, 0.3) is 0 Å². The Bertz CT molecular complexity index is 597. The van der Waals surface area contributed by atoms with Gasteiger partial charge in [-0.25, -0.2) is 0 Å². The second-order valence-corrected chi connectivity index (χ2v) is 5.28. The van der Waals surface area contributed by atoms with E-state index in [1.54, 1.807) is 62.4 Å². The van der Waals surface area contributed by atoms with Crippen LogP contribution in [0.5, 0.6) is 0 Å². The van der Waals surface area contributed by atoms with Gasteiger partial charge >= 0.3 is 0 Å². The Morgan fingerprint density at radius 1 is 1.00 bits per heavy atom. The monoisotopic (exact) mass is 270 g/mol. The van der Waals surface area contributed by atoms with E-state index in [1.807, 2.05) is 6.07 Å². The van der Waals surface area contributed by atoms with Crippen LogP contribution in [-0.4, -0.2) is 16.0 Å². The lowest BCUT2D eigenvalue weighted by Gasteiger charge is -2.22. The van der Waals surface area contributed by atoms with E-state index in [-0.39, 0.29) is 0 Å². The number of aliphatic hydroxyl groups is 2. The third-order valence-electron chi connectivity index (χ3n) is 3.22. The summed E-state index contributed by atoms with van der Waals surface area (Å²) >= 11 is 0. The zero-order chi connectivity index (χ0) is 14.8. The van der Waals surface area contributed by atoms with E-state index in [0.717, 1.165) is 0 Å². The van der Waals surface area contributed by atoms with E-state index < -0.39 is 17.5 Å². The fourth-order valence-corrected chi connectivity index (χ4v) is 2.17. The van der Waals surface area contributed by atoms with Gasteiger partial charge in [0.05, 0.1) is 5.60 Å². The van der Waals surface area contributed by atoms with E-state index in [2.05, 4.69) is 0 Å². The van der Waals surface area contributed by atoms with Gasteiger partial charge in [0.15, 0.2) is 5.78 Å². The molecule has 0 heterocycles. The molecule has 0 aliphatic carbocycles. The Kier molecular flexibility index (Phi) is 4.02. The second-order valence-electron chi connectivity index (χ2n) is 5.28. The first kappa shape index (κ1) is 14.4. The number of carbonyl (C=O) groups excluding carboxylic acids is 1. The predicted octanol–water partition coefficient (Wildman–Crippen LogP) is 2.83. The van der Waals surface area contributed by atoms with Crippen LogP contribution < -0.4 is 0 Å². The van der Waals surface area contributed by atoms with Crippen LogP contribution in [0.4, 0.5) is 0 Å². The first-order chi connectivity index (χ1) is 9.41. The van der Waals surface area contributed by atoms with Gasteiger partial charge in [-0.2, -0.15) is 0 Å². The Morgan fingerprint density at radius 3 is 2.15 bits per heavy atom. The highest BCUT2D eigenvalue weighted by Crippen LogP contribution is 2.27. The van der Waals surface area contributed by atoms with E-state index in [9.17, 15) is 15.0 Å². The average molecular weight is 270 g/mol. The van der Waals surface area contributed by atoms with Crippen LogP contribution in [-0.2, 0) is 5.60 Å². The van der Waals surface area contributed by atoms with Gasteiger partial charge in [-0.1, -0.05) is 54.6 Å². The smallest absolute Gasteiger partial charge is 0.196 e. The molecule has 0 saturated carbocycles. The molecule has 3 heteroatoms. The van der Waals surface area contributed by atoms with Crippen LogP contribution in [0.25, 0.3) is 0 Å². The fraction of sp³-hybridized carbons (Fsp3) is 0.235. The summed E-state index contributed by atoms with van der Waals surface area (Å²) in [4.78, 5) is 12.5. The summed E-state index contributed by atoms with van der Waals surface area (Å²) in [7, 11) is 0. The Morgan fingerprint density at radius 2 is 1.55 bits per heavy atom. The number of hydrogen-bond acceptors (Lipinski definition) is 3. The molecule has 0 saturated heterocycles. The van der Waals surface area contributed by atoms with Gasteiger partial charge in [-0.05, 0) is 25.0 Å². The van der Waals surface area contributed by atoms with Crippen LogP contribution in [0.2, 0.25) is 0 Å². The molecule has 1 unspecified atom stereocenters. The van der Waals surface area contributed by atoms with Crippen molar-refractivity contribution in [3.05, 3.63) is 71.3 Å². The third-order valence-corrected chi connectivity index (χ3v) is 3.22. The maximum Gasteiger partial charge on any atom is 0.196 e. The van der Waals surface area contributed by atoms with Crippen molar-refractivity contribution < 1.29 is 15.0 Å². The van der Waals surface area contributed by atoms with Crippen LogP contribution in [0, 0.1) is 0 Å².